The van der Waals surface area contributed by atoms with Crippen LogP contribution in [0.25, 0.3) is 0 Å². The predicted octanol–water partition coefficient (Wildman–Crippen LogP) is 1.48. The Morgan fingerprint density at radius 2 is 2.21 bits per heavy atom. The van der Waals surface area contributed by atoms with Gasteiger partial charge < -0.3 is 15.3 Å². The van der Waals surface area contributed by atoms with Crippen molar-refractivity contribution in [2.24, 2.45) is 5.92 Å². The molecule has 0 aromatic rings. The van der Waals surface area contributed by atoms with Gasteiger partial charge in [-0.15, -0.1) is 0 Å². The van der Waals surface area contributed by atoms with Gasteiger partial charge in [0.25, 0.3) is 0 Å². The Morgan fingerprint density at radius 3 is 2.74 bits per heavy atom. The molecule has 0 aromatic heterocycles. The summed E-state index contributed by atoms with van der Waals surface area (Å²) in [6, 6.07) is -0.223. The van der Waals surface area contributed by atoms with Crippen LogP contribution in [0.15, 0.2) is 0 Å². The number of hydrogen-bond donors (Lipinski definition) is 2. The molecule has 5 nitrogen and oxygen atoms in total. The minimum Gasteiger partial charge on any atom is -0.481 e. The third-order valence-corrected chi connectivity index (χ3v) is 3.83. The fourth-order valence-corrected chi connectivity index (χ4v) is 2.74. The van der Waals surface area contributed by atoms with Gasteiger partial charge in [-0.05, 0) is 52.1 Å². The molecule has 1 amide bonds. The van der Waals surface area contributed by atoms with E-state index in [0.29, 0.717) is 18.9 Å². The van der Waals surface area contributed by atoms with Crippen molar-refractivity contribution in [3.63, 3.8) is 0 Å². The summed E-state index contributed by atoms with van der Waals surface area (Å²) in [4.78, 5) is 24.5. The second-order valence-electron chi connectivity index (χ2n) is 5.38. The molecule has 1 heterocycles. The van der Waals surface area contributed by atoms with Gasteiger partial charge in [0, 0.05) is 19.0 Å². The fraction of sp³-hybridized carbons (Fsp3) is 0.857. The Bertz CT molecular complexity index is 301. The highest BCUT2D eigenvalue weighted by atomic mass is 16.4. The highest BCUT2D eigenvalue weighted by Gasteiger charge is 2.22. The maximum absolute atomic E-state index is 12.2. The topological polar surface area (TPSA) is 69.6 Å². The summed E-state index contributed by atoms with van der Waals surface area (Å²) in [6.45, 7) is 6.37. The number of carbonyl (C=O) groups excluding carboxylic acids is 1. The first-order chi connectivity index (χ1) is 9.04. The van der Waals surface area contributed by atoms with Crippen molar-refractivity contribution in [3.05, 3.63) is 0 Å². The quantitative estimate of drug-likeness (QED) is 0.735. The molecule has 1 rings (SSSR count). The van der Waals surface area contributed by atoms with Gasteiger partial charge in [-0.1, -0.05) is 0 Å². The van der Waals surface area contributed by atoms with Gasteiger partial charge in [0.15, 0.2) is 0 Å². The van der Waals surface area contributed by atoms with E-state index < -0.39 is 5.97 Å². The molecule has 1 saturated heterocycles. The molecule has 5 heteroatoms. The van der Waals surface area contributed by atoms with Crippen LogP contribution in [-0.2, 0) is 9.59 Å². The summed E-state index contributed by atoms with van der Waals surface area (Å²) in [6.07, 6.45) is 3.83. The van der Waals surface area contributed by atoms with Crippen molar-refractivity contribution in [3.8, 4) is 0 Å². The van der Waals surface area contributed by atoms with E-state index in [1.54, 1.807) is 11.8 Å². The van der Waals surface area contributed by atoms with E-state index in [2.05, 4.69) is 5.32 Å². The lowest BCUT2D eigenvalue weighted by molar-refractivity contribution is -0.140. The molecule has 0 spiro atoms. The number of aliphatic carboxylic acids is 1. The molecule has 0 aromatic carbocycles. The largest absolute Gasteiger partial charge is 0.481 e. The Morgan fingerprint density at radius 1 is 1.47 bits per heavy atom. The van der Waals surface area contributed by atoms with E-state index in [-0.39, 0.29) is 18.4 Å². The molecule has 110 valence electrons. The molecule has 2 atom stereocenters. The first kappa shape index (κ1) is 16.0. The molecule has 0 bridgehead atoms. The van der Waals surface area contributed by atoms with Crippen LogP contribution < -0.4 is 5.32 Å². The van der Waals surface area contributed by atoms with Crippen LogP contribution in [0.2, 0.25) is 0 Å². The summed E-state index contributed by atoms with van der Waals surface area (Å²) in [5, 5.41) is 12.1. The van der Waals surface area contributed by atoms with E-state index in [9.17, 15) is 9.59 Å². The third kappa shape index (κ3) is 5.59. The van der Waals surface area contributed by atoms with E-state index in [1.165, 1.54) is 12.8 Å². The van der Waals surface area contributed by atoms with Gasteiger partial charge in [-0.25, -0.2) is 0 Å². The van der Waals surface area contributed by atoms with Crippen LogP contribution in [0.1, 0.15) is 46.0 Å². The zero-order valence-electron chi connectivity index (χ0n) is 12.0. The van der Waals surface area contributed by atoms with Gasteiger partial charge in [-0.2, -0.15) is 0 Å². The summed E-state index contributed by atoms with van der Waals surface area (Å²) >= 11 is 0. The first-order valence-electron chi connectivity index (χ1n) is 7.26. The van der Waals surface area contributed by atoms with Crippen LogP contribution in [0, 0.1) is 5.92 Å². The normalized spacial score (nSPS) is 20.8. The van der Waals surface area contributed by atoms with Crippen LogP contribution in [0.5, 0.6) is 0 Å². The van der Waals surface area contributed by atoms with Gasteiger partial charge in [0.1, 0.15) is 0 Å². The lowest BCUT2D eigenvalue weighted by Gasteiger charge is -2.28. The molecule has 1 aliphatic heterocycles. The van der Waals surface area contributed by atoms with Gasteiger partial charge in [-0.3, -0.25) is 9.59 Å². The smallest absolute Gasteiger partial charge is 0.305 e. The van der Waals surface area contributed by atoms with Gasteiger partial charge in [0.2, 0.25) is 5.91 Å². The molecule has 1 fully saturated rings. The third-order valence-electron chi connectivity index (χ3n) is 3.83. The highest BCUT2D eigenvalue weighted by Crippen LogP contribution is 2.17. The Hall–Kier alpha value is -1.10. The van der Waals surface area contributed by atoms with Crippen molar-refractivity contribution in [1.29, 1.82) is 0 Å². The zero-order chi connectivity index (χ0) is 14.3. The minimum atomic E-state index is -0.852. The van der Waals surface area contributed by atoms with E-state index >= 15 is 0 Å². The Balaban J connectivity index is 2.37. The minimum absolute atomic E-state index is 0.0184. The zero-order valence-corrected chi connectivity index (χ0v) is 12.0. The number of rotatable bonds is 7. The van der Waals surface area contributed by atoms with E-state index in [4.69, 9.17) is 5.11 Å². The SMILES string of the molecule is CCN(C(=O)CCC1CCCNC1)C(C)CC(=O)O. The molecule has 0 saturated carbocycles. The summed E-state index contributed by atoms with van der Waals surface area (Å²) in [7, 11) is 0. The standard InChI is InChI=1S/C14H26N2O3/c1-3-16(11(2)9-14(18)19)13(17)7-6-12-5-4-8-15-10-12/h11-12,15H,3-10H2,1-2H3,(H,18,19). The number of carboxylic acid groups (broad SMARTS) is 1. The summed E-state index contributed by atoms with van der Waals surface area (Å²) in [5.74, 6) is -0.178. The van der Waals surface area contributed by atoms with Crippen LogP contribution >= 0.6 is 0 Å². The Kier molecular flexibility index (Phi) is 6.84. The molecular weight excluding hydrogens is 244 g/mol. The molecule has 19 heavy (non-hydrogen) atoms. The van der Waals surface area contributed by atoms with Crippen molar-refractivity contribution in [1.82, 2.24) is 10.2 Å². The lowest BCUT2D eigenvalue weighted by atomic mass is 9.94. The number of hydrogen-bond acceptors (Lipinski definition) is 3. The second kappa shape index (κ2) is 8.15. The number of piperidine rings is 1. The number of carbonyl (C=O) groups is 2. The van der Waals surface area contributed by atoms with Crippen molar-refractivity contribution in [2.45, 2.75) is 52.0 Å². The Labute approximate surface area is 115 Å². The van der Waals surface area contributed by atoms with Crippen LogP contribution in [0.3, 0.4) is 0 Å². The van der Waals surface area contributed by atoms with Crippen LogP contribution in [0.4, 0.5) is 0 Å². The maximum atomic E-state index is 12.2. The average molecular weight is 270 g/mol. The summed E-state index contributed by atoms with van der Waals surface area (Å²) in [5.41, 5.74) is 0. The molecule has 0 aliphatic carbocycles. The second-order valence-corrected chi connectivity index (χ2v) is 5.38. The molecule has 2 unspecified atom stereocenters. The fourth-order valence-electron chi connectivity index (χ4n) is 2.74. The molecular formula is C14H26N2O3. The number of carboxylic acids is 1. The predicted molar refractivity (Wildman–Crippen MR) is 73.9 cm³/mol. The maximum Gasteiger partial charge on any atom is 0.305 e. The molecule has 1 aliphatic rings. The van der Waals surface area contributed by atoms with E-state index in [1.807, 2.05) is 6.92 Å². The lowest BCUT2D eigenvalue weighted by Crippen LogP contribution is -2.40. The number of amides is 1. The summed E-state index contributed by atoms with van der Waals surface area (Å²) < 4.78 is 0. The van der Waals surface area contributed by atoms with Crippen molar-refractivity contribution in [2.75, 3.05) is 19.6 Å². The average Bonchev–Trinajstić information content (AvgIpc) is 2.37. The first-order valence-corrected chi connectivity index (χ1v) is 7.26. The number of nitrogens with one attached hydrogen (secondary N) is 1. The van der Waals surface area contributed by atoms with Crippen LogP contribution in [-0.4, -0.2) is 47.6 Å². The highest BCUT2D eigenvalue weighted by molar-refractivity contribution is 5.77. The van der Waals surface area contributed by atoms with E-state index in [0.717, 1.165) is 19.5 Å². The monoisotopic (exact) mass is 270 g/mol. The van der Waals surface area contributed by atoms with Crippen molar-refractivity contribution < 1.29 is 14.7 Å². The molecule has 2 N–H and O–H groups in total. The van der Waals surface area contributed by atoms with Gasteiger partial charge >= 0.3 is 5.97 Å². The van der Waals surface area contributed by atoms with Gasteiger partial charge in [0.05, 0.1) is 6.42 Å². The molecule has 0 radical (unpaired) electrons. The van der Waals surface area contributed by atoms with Crippen molar-refractivity contribution >= 4 is 11.9 Å². The number of nitrogens with zero attached hydrogens (tertiary/aromatic N) is 1.